The number of hydrogen-bond acceptors (Lipinski definition) is 5. The maximum atomic E-state index is 12.3. The Morgan fingerprint density at radius 1 is 1.21 bits per heavy atom. The molecular weight excluding hydrogens is 392 g/mol. The number of ether oxygens (including phenoxy) is 1. The molecule has 28 heavy (non-hydrogen) atoms. The standard InChI is InChI=1S/C18H17F2N3O4S/c1-23(17-14-7-2-3-8-15(14)28(25,26)22-17)11-16(24)21-10-12-5-4-6-13(9-12)27-18(19)20/h2-9,18H,10-11H2,1H3,(H,21,24). The number of carbonyl (C=O) groups excluding carboxylic acids is 1. The molecule has 3 rings (SSSR count). The Kier molecular flexibility index (Phi) is 5.59. The number of hydrogen-bond donors (Lipinski definition) is 1. The molecule has 0 fully saturated rings. The molecule has 2 aromatic rings. The minimum atomic E-state index is -3.77. The van der Waals surface area contributed by atoms with Crippen molar-refractivity contribution in [2.45, 2.75) is 18.1 Å². The lowest BCUT2D eigenvalue weighted by atomic mass is 10.2. The molecule has 7 nitrogen and oxygen atoms in total. The van der Waals surface area contributed by atoms with Crippen molar-refractivity contribution in [2.24, 2.45) is 4.40 Å². The first-order valence-electron chi connectivity index (χ1n) is 8.22. The Bertz CT molecular complexity index is 1020. The smallest absolute Gasteiger partial charge is 0.387 e. The predicted molar refractivity (Wildman–Crippen MR) is 97.7 cm³/mol. The third-order valence-corrected chi connectivity index (χ3v) is 5.29. The average Bonchev–Trinajstić information content (AvgIpc) is 2.92. The van der Waals surface area contributed by atoms with Crippen molar-refractivity contribution in [2.75, 3.05) is 13.6 Å². The molecular formula is C18H17F2N3O4S. The summed E-state index contributed by atoms with van der Waals surface area (Å²) in [5, 5.41) is 2.65. The summed E-state index contributed by atoms with van der Waals surface area (Å²) in [4.78, 5) is 13.8. The minimum Gasteiger partial charge on any atom is -0.435 e. The molecule has 10 heteroatoms. The lowest BCUT2D eigenvalue weighted by Crippen LogP contribution is -2.38. The van der Waals surface area contributed by atoms with Gasteiger partial charge in [-0.25, -0.2) is 0 Å². The summed E-state index contributed by atoms with van der Waals surface area (Å²) in [6.07, 6.45) is 0. The van der Waals surface area contributed by atoms with Gasteiger partial charge in [-0.05, 0) is 29.8 Å². The fraction of sp³-hybridized carbons (Fsp3) is 0.222. The summed E-state index contributed by atoms with van der Waals surface area (Å²) < 4.78 is 56.8. The van der Waals surface area contributed by atoms with Crippen LogP contribution in [-0.4, -0.2) is 45.3 Å². The van der Waals surface area contributed by atoms with Gasteiger partial charge in [0.1, 0.15) is 10.6 Å². The van der Waals surface area contributed by atoms with Crippen LogP contribution in [0, 0.1) is 0 Å². The quantitative estimate of drug-likeness (QED) is 0.788. The zero-order chi connectivity index (χ0) is 20.3. The van der Waals surface area contributed by atoms with Crippen LogP contribution in [-0.2, 0) is 21.4 Å². The van der Waals surface area contributed by atoms with Crippen LogP contribution in [0.1, 0.15) is 11.1 Å². The van der Waals surface area contributed by atoms with E-state index in [1.807, 2.05) is 0 Å². The van der Waals surface area contributed by atoms with Crippen molar-refractivity contribution in [1.82, 2.24) is 10.2 Å². The van der Waals surface area contributed by atoms with Crippen LogP contribution in [0.15, 0.2) is 57.8 Å². The monoisotopic (exact) mass is 409 g/mol. The van der Waals surface area contributed by atoms with E-state index in [0.29, 0.717) is 11.1 Å². The molecule has 0 radical (unpaired) electrons. The van der Waals surface area contributed by atoms with Gasteiger partial charge in [0.2, 0.25) is 5.91 Å². The van der Waals surface area contributed by atoms with Crippen LogP contribution in [0.3, 0.4) is 0 Å². The van der Waals surface area contributed by atoms with E-state index >= 15 is 0 Å². The highest BCUT2D eigenvalue weighted by molar-refractivity contribution is 7.90. The number of likely N-dealkylation sites (N-methyl/N-ethyl adjacent to an activating group) is 1. The van der Waals surface area contributed by atoms with E-state index in [2.05, 4.69) is 14.5 Å². The maximum Gasteiger partial charge on any atom is 0.387 e. The molecule has 1 aliphatic rings. The lowest BCUT2D eigenvalue weighted by Gasteiger charge is -2.18. The van der Waals surface area contributed by atoms with E-state index in [0.717, 1.165) is 0 Å². The van der Waals surface area contributed by atoms with Gasteiger partial charge >= 0.3 is 6.61 Å². The number of benzene rings is 2. The molecule has 0 unspecified atom stereocenters. The largest absolute Gasteiger partial charge is 0.435 e. The number of sulfonamides is 1. The summed E-state index contributed by atoms with van der Waals surface area (Å²) in [6.45, 7) is -2.95. The fourth-order valence-corrected chi connectivity index (χ4v) is 3.99. The van der Waals surface area contributed by atoms with Crippen LogP contribution in [0.5, 0.6) is 5.75 Å². The Balaban J connectivity index is 1.62. The number of amides is 1. The molecule has 1 heterocycles. The molecule has 0 atom stereocenters. The Morgan fingerprint density at radius 3 is 2.71 bits per heavy atom. The van der Waals surface area contributed by atoms with E-state index in [1.165, 1.54) is 23.1 Å². The number of alkyl halides is 2. The van der Waals surface area contributed by atoms with E-state index in [4.69, 9.17) is 0 Å². The number of nitrogens with one attached hydrogen (secondary N) is 1. The van der Waals surface area contributed by atoms with Gasteiger partial charge in [-0.1, -0.05) is 24.3 Å². The van der Waals surface area contributed by atoms with Crippen molar-refractivity contribution < 1.29 is 26.7 Å². The zero-order valence-electron chi connectivity index (χ0n) is 14.8. The summed E-state index contributed by atoms with van der Waals surface area (Å²) in [7, 11) is -2.20. The molecule has 148 valence electrons. The third kappa shape index (κ3) is 4.45. The van der Waals surface area contributed by atoms with E-state index in [1.54, 1.807) is 37.4 Å². The average molecular weight is 409 g/mol. The second-order valence-corrected chi connectivity index (χ2v) is 7.62. The molecule has 1 aliphatic heterocycles. The second-order valence-electron chi connectivity index (χ2n) is 6.04. The lowest BCUT2D eigenvalue weighted by molar-refractivity contribution is -0.121. The highest BCUT2D eigenvalue weighted by Crippen LogP contribution is 2.26. The van der Waals surface area contributed by atoms with Gasteiger partial charge in [0.15, 0.2) is 5.84 Å². The SMILES string of the molecule is CN(CC(=O)NCc1cccc(OC(F)F)c1)C1=NS(=O)(=O)c2ccccc21. The van der Waals surface area contributed by atoms with Gasteiger partial charge in [0.25, 0.3) is 10.0 Å². The number of amidine groups is 1. The number of nitrogens with zero attached hydrogens (tertiary/aromatic N) is 2. The number of fused-ring (bicyclic) bond motifs is 1. The Hall–Kier alpha value is -3.01. The topological polar surface area (TPSA) is 88.1 Å². The molecule has 0 saturated carbocycles. The first-order valence-corrected chi connectivity index (χ1v) is 9.66. The van der Waals surface area contributed by atoms with E-state index < -0.39 is 16.6 Å². The van der Waals surface area contributed by atoms with Crippen molar-refractivity contribution in [3.05, 3.63) is 59.7 Å². The molecule has 0 aromatic heterocycles. The van der Waals surface area contributed by atoms with Crippen LogP contribution in [0.2, 0.25) is 0 Å². The van der Waals surface area contributed by atoms with E-state index in [9.17, 15) is 22.0 Å². The Morgan fingerprint density at radius 2 is 1.96 bits per heavy atom. The molecule has 1 N–H and O–H groups in total. The maximum absolute atomic E-state index is 12.3. The highest BCUT2D eigenvalue weighted by Gasteiger charge is 2.30. The van der Waals surface area contributed by atoms with Gasteiger partial charge in [0.05, 0.1) is 6.54 Å². The predicted octanol–water partition coefficient (Wildman–Crippen LogP) is 1.99. The first kappa shape index (κ1) is 19.7. The number of carbonyl (C=O) groups is 1. The van der Waals surface area contributed by atoms with Gasteiger partial charge in [0, 0.05) is 19.2 Å². The first-order chi connectivity index (χ1) is 13.3. The number of halogens is 2. The van der Waals surface area contributed by atoms with Gasteiger partial charge in [-0.3, -0.25) is 4.79 Å². The molecule has 0 aliphatic carbocycles. The highest BCUT2D eigenvalue weighted by atomic mass is 32.2. The summed E-state index contributed by atoms with van der Waals surface area (Å²) in [5.74, 6) is -0.189. The second kappa shape index (κ2) is 7.93. The van der Waals surface area contributed by atoms with Crippen molar-refractivity contribution in [3.8, 4) is 5.75 Å². The summed E-state index contributed by atoms with van der Waals surface area (Å²) >= 11 is 0. The third-order valence-electron chi connectivity index (χ3n) is 3.97. The van der Waals surface area contributed by atoms with Crippen LogP contribution in [0.4, 0.5) is 8.78 Å². The number of rotatable bonds is 6. The van der Waals surface area contributed by atoms with Gasteiger partial charge in [-0.2, -0.15) is 17.2 Å². The summed E-state index contributed by atoms with van der Waals surface area (Å²) in [5.41, 5.74) is 1.02. The van der Waals surface area contributed by atoms with Crippen LogP contribution < -0.4 is 10.1 Å². The molecule has 0 bridgehead atoms. The normalized spacial score (nSPS) is 14.4. The fourth-order valence-electron chi connectivity index (χ4n) is 2.74. The van der Waals surface area contributed by atoms with Gasteiger partial charge < -0.3 is 15.0 Å². The zero-order valence-corrected chi connectivity index (χ0v) is 15.6. The van der Waals surface area contributed by atoms with Gasteiger partial charge in [-0.15, -0.1) is 4.40 Å². The molecule has 0 spiro atoms. The van der Waals surface area contributed by atoms with Crippen LogP contribution >= 0.6 is 0 Å². The molecule has 2 aromatic carbocycles. The van der Waals surface area contributed by atoms with Crippen LogP contribution in [0.25, 0.3) is 0 Å². The summed E-state index contributed by atoms with van der Waals surface area (Å²) in [6, 6.07) is 12.4. The Labute approximate surface area is 160 Å². The minimum absolute atomic E-state index is 0.000918. The van der Waals surface area contributed by atoms with E-state index in [-0.39, 0.29) is 35.5 Å². The van der Waals surface area contributed by atoms with Crippen molar-refractivity contribution >= 4 is 21.8 Å². The molecule has 1 amide bonds. The molecule has 0 saturated heterocycles. The van der Waals surface area contributed by atoms with Crippen molar-refractivity contribution in [3.63, 3.8) is 0 Å². The van der Waals surface area contributed by atoms with Crippen molar-refractivity contribution in [1.29, 1.82) is 0 Å².